The summed E-state index contributed by atoms with van der Waals surface area (Å²) in [5, 5.41) is 8.11. The number of aromatic nitrogens is 4. The highest BCUT2D eigenvalue weighted by Crippen LogP contribution is 2.01. The van der Waals surface area contributed by atoms with Crippen LogP contribution in [-0.4, -0.2) is 33.4 Å². The molecule has 0 saturated heterocycles. The number of nitrogens with zero attached hydrogens (tertiary/aromatic N) is 6. The Hall–Kier alpha value is -5.06. The van der Waals surface area contributed by atoms with Crippen molar-refractivity contribution in [1.82, 2.24) is 20.0 Å². The first-order valence-corrected chi connectivity index (χ1v) is 13.5. The Morgan fingerprint density at radius 3 is 1.39 bits per heavy atom. The lowest BCUT2D eigenvalue weighted by Gasteiger charge is -1.99. The Bertz CT molecular complexity index is 1540. The smallest absolute Gasteiger partial charge is 0.282 e. The Kier molecular flexibility index (Phi) is 13.0. The molecule has 0 aliphatic carbocycles. The number of hydrogen-bond donors (Lipinski definition) is 2. The SMILES string of the molecule is O=C(Cn1cc[n+](Cc2ccccc2)c1)NN=Cc1ccc(C=NNC(=O)Cn2cc[n+](Cc3ccccc3)c2)cc1.[Cl-].[Cl-]. The van der Waals surface area contributed by atoms with Gasteiger partial charge in [0.2, 0.25) is 12.7 Å². The van der Waals surface area contributed by atoms with Crippen molar-refractivity contribution < 1.29 is 43.5 Å². The van der Waals surface area contributed by atoms with Crippen LogP contribution >= 0.6 is 0 Å². The highest BCUT2D eigenvalue weighted by molar-refractivity contribution is 5.86. The van der Waals surface area contributed by atoms with Crippen LogP contribution in [0.5, 0.6) is 0 Å². The number of rotatable bonds is 12. The first kappa shape index (κ1) is 33.4. The van der Waals surface area contributed by atoms with E-state index in [4.69, 9.17) is 0 Å². The highest BCUT2D eigenvalue weighted by atomic mass is 35.5. The lowest BCUT2D eigenvalue weighted by atomic mass is 10.2. The number of carbonyl (C=O) groups is 2. The van der Waals surface area contributed by atoms with E-state index in [1.807, 2.05) is 116 Å². The summed E-state index contributed by atoms with van der Waals surface area (Å²) < 4.78 is 7.65. The van der Waals surface area contributed by atoms with Gasteiger partial charge in [-0.1, -0.05) is 84.9 Å². The Morgan fingerprint density at radius 1 is 0.614 bits per heavy atom. The molecule has 0 fully saturated rings. The second-order valence-electron chi connectivity index (χ2n) is 9.74. The fourth-order valence-corrected chi connectivity index (χ4v) is 4.27. The standard InChI is InChI=1S/C32H30N8O2.2ClH/c41-31(23-39-17-15-37(25-39)21-29-7-3-1-4-8-29)35-33-19-27-11-13-28(14-12-27)20-34-36-32(42)24-40-18-16-38(26-40)22-30-9-5-2-6-10-30;;/h1-20,25-26H,21-24H2;2*1H. The predicted molar refractivity (Wildman–Crippen MR) is 158 cm³/mol. The predicted octanol–water partition coefficient (Wildman–Crippen LogP) is -3.73. The molecule has 2 amide bonds. The summed E-state index contributed by atoms with van der Waals surface area (Å²) in [5.41, 5.74) is 9.12. The maximum Gasteiger partial charge on any atom is 0.282 e. The van der Waals surface area contributed by atoms with Gasteiger partial charge in [-0.15, -0.1) is 0 Å². The molecule has 44 heavy (non-hydrogen) atoms. The van der Waals surface area contributed by atoms with Gasteiger partial charge >= 0.3 is 0 Å². The van der Waals surface area contributed by atoms with E-state index in [0.29, 0.717) is 0 Å². The number of imidazole rings is 2. The molecule has 5 aromatic rings. The van der Waals surface area contributed by atoms with Gasteiger partial charge in [0.1, 0.15) is 37.9 Å². The molecule has 2 N–H and O–H groups in total. The van der Waals surface area contributed by atoms with Crippen molar-refractivity contribution in [2.24, 2.45) is 10.2 Å². The summed E-state index contributed by atoms with van der Waals surface area (Å²) in [4.78, 5) is 24.6. The zero-order valence-electron chi connectivity index (χ0n) is 23.8. The van der Waals surface area contributed by atoms with Gasteiger partial charge in [0, 0.05) is 0 Å². The van der Waals surface area contributed by atoms with Gasteiger partial charge in [-0.25, -0.2) is 29.1 Å². The summed E-state index contributed by atoms with van der Waals surface area (Å²) in [7, 11) is 0. The number of benzene rings is 3. The molecule has 0 aliphatic rings. The van der Waals surface area contributed by atoms with Crippen molar-refractivity contribution >= 4 is 24.2 Å². The summed E-state index contributed by atoms with van der Waals surface area (Å²) in [6.07, 6.45) is 14.5. The molecule has 0 atom stereocenters. The molecule has 2 heterocycles. The average Bonchev–Trinajstić information content (AvgIpc) is 3.63. The van der Waals surface area contributed by atoms with Gasteiger partial charge in [-0.2, -0.15) is 10.2 Å². The third-order valence-electron chi connectivity index (χ3n) is 6.30. The molecule has 0 unspecified atom stereocenters. The van der Waals surface area contributed by atoms with E-state index in [2.05, 4.69) is 45.3 Å². The van der Waals surface area contributed by atoms with Crippen LogP contribution in [0.2, 0.25) is 0 Å². The molecule has 0 spiro atoms. The third kappa shape index (κ3) is 10.6. The summed E-state index contributed by atoms with van der Waals surface area (Å²) in [6.45, 7) is 1.81. The molecule has 10 nitrogen and oxygen atoms in total. The number of nitrogens with one attached hydrogen (secondary N) is 2. The zero-order chi connectivity index (χ0) is 29.0. The van der Waals surface area contributed by atoms with Crippen molar-refractivity contribution in [2.45, 2.75) is 26.2 Å². The number of carbonyl (C=O) groups excluding carboxylic acids is 2. The number of amides is 2. The molecule has 0 aliphatic heterocycles. The monoisotopic (exact) mass is 630 g/mol. The molecule has 0 bridgehead atoms. The second-order valence-corrected chi connectivity index (χ2v) is 9.74. The van der Waals surface area contributed by atoms with Crippen molar-refractivity contribution in [1.29, 1.82) is 0 Å². The van der Waals surface area contributed by atoms with E-state index in [-0.39, 0.29) is 49.7 Å². The number of hydrogen-bond acceptors (Lipinski definition) is 4. The van der Waals surface area contributed by atoms with E-state index in [1.54, 1.807) is 12.4 Å². The van der Waals surface area contributed by atoms with Crippen LogP contribution in [0.4, 0.5) is 0 Å². The van der Waals surface area contributed by atoms with Crippen LogP contribution in [0.15, 0.2) is 133 Å². The molecular formula is C32H32Cl2N8O2. The number of hydrazone groups is 2. The molecule has 5 rings (SSSR count). The van der Waals surface area contributed by atoms with Gasteiger partial charge in [0.15, 0.2) is 13.1 Å². The third-order valence-corrected chi connectivity index (χ3v) is 6.30. The molecule has 226 valence electrons. The lowest BCUT2D eigenvalue weighted by Crippen LogP contribution is -3.00. The fourth-order valence-electron chi connectivity index (χ4n) is 4.27. The fraction of sp³-hybridized carbons (Fsp3) is 0.125. The van der Waals surface area contributed by atoms with E-state index >= 15 is 0 Å². The van der Waals surface area contributed by atoms with Gasteiger partial charge in [0.05, 0.1) is 12.4 Å². The summed E-state index contributed by atoms with van der Waals surface area (Å²) in [5.74, 6) is -0.446. The Balaban J connectivity index is 0.00000264. The average molecular weight is 632 g/mol. The molecule has 0 saturated carbocycles. The Morgan fingerprint density at radius 2 is 1.00 bits per heavy atom. The maximum atomic E-state index is 12.3. The topological polar surface area (TPSA) is 101 Å². The highest BCUT2D eigenvalue weighted by Gasteiger charge is 2.10. The van der Waals surface area contributed by atoms with Crippen LogP contribution in [0.1, 0.15) is 22.3 Å². The minimum atomic E-state index is -0.223. The van der Waals surface area contributed by atoms with Gasteiger partial charge in [0.25, 0.3) is 11.8 Å². The van der Waals surface area contributed by atoms with Crippen molar-refractivity contribution in [3.8, 4) is 0 Å². The van der Waals surface area contributed by atoms with Crippen LogP contribution in [0.3, 0.4) is 0 Å². The molecule has 0 radical (unpaired) electrons. The van der Waals surface area contributed by atoms with Crippen LogP contribution < -0.4 is 44.8 Å². The van der Waals surface area contributed by atoms with E-state index in [1.165, 1.54) is 11.1 Å². The largest absolute Gasteiger partial charge is 1.00 e. The van der Waals surface area contributed by atoms with E-state index < -0.39 is 0 Å². The maximum absolute atomic E-state index is 12.3. The zero-order valence-corrected chi connectivity index (χ0v) is 25.3. The van der Waals surface area contributed by atoms with E-state index in [0.717, 1.165) is 24.2 Å². The molecule has 3 aromatic carbocycles. The van der Waals surface area contributed by atoms with Crippen molar-refractivity contribution in [3.05, 3.63) is 145 Å². The van der Waals surface area contributed by atoms with Crippen molar-refractivity contribution in [2.75, 3.05) is 0 Å². The van der Waals surface area contributed by atoms with Gasteiger partial charge in [-0.05, 0) is 22.3 Å². The summed E-state index contributed by atoms with van der Waals surface area (Å²) >= 11 is 0. The van der Waals surface area contributed by atoms with Crippen molar-refractivity contribution in [3.63, 3.8) is 0 Å². The molecule has 2 aromatic heterocycles. The quantitative estimate of drug-likeness (QED) is 0.0842. The van der Waals surface area contributed by atoms with Crippen LogP contribution in [0, 0.1) is 0 Å². The first-order chi connectivity index (χ1) is 20.6. The molecular weight excluding hydrogens is 599 g/mol. The summed E-state index contributed by atoms with van der Waals surface area (Å²) in [6, 6.07) is 27.7. The minimum Gasteiger partial charge on any atom is -1.00 e. The van der Waals surface area contributed by atoms with Gasteiger partial charge in [-0.3, -0.25) is 9.59 Å². The van der Waals surface area contributed by atoms with Crippen LogP contribution in [0.25, 0.3) is 0 Å². The van der Waals surface area contributed by atoms with E-state index in [9.17, 15) is 9.59 Å². The second kappa shape index (κ2) is 17.2. The number of halogens is 2. The lowest BCUT2D eigenvalue weighted by molar-refractivity contribution is -0.687. The Labute approximate surface area is 268 Å². The van der Waals surface area contributed by atoms with Crippen LogP contribution in [-0.2, 0) is 35.8 Å². The van der Waals surface area contributed by atoms with Gasteiger partial charge < -0.3 is 24.8 Å². The molecule has 12 heteroatoms. The minimum absolute atomic E-state index is 0. The first-order valence-electron chi connectivity index (χ1n) is 13.5. The normalized spacial score (nSPS) is 10.7.